The van der Waals surface area contributed by atoms with Crippen LogP contribution in [-0.4, -0.2) is 34.8 Å². The molecule has 2 heterocycles. The maximum atomic E-state index is 11.0. The van der Waals surface area contributed by atoms with Crippen LogP contribution in [-0.2, 0) is 18.4 Å². The lowest BCUT2D eigenvalue weighted by atomic mass is 9.48. The van der Waals surface area contributed by atoms with E-state index >= 15 is 0 Å². The summed E-state index contributed by atoms with van der Waals surface area (Å²) in [5.74, 6) is 1.84. The molecule has 5 atom stereocenters. The first kappa shape index (κ1) is 21.7. The molecule has 162 valence electrons. The molecule has 4 unspecified atom stereocenters. The molecule has 0 radical (unpaired) electrons. The molecule has 4 heteroatoms. The van der Waals surface area contributed by atoms with Gasteiger partial charge in [-0.1, -0.05) is 43.3 Å². The molecule has 2 aliphatic carbocycles. The molecule has 2 aromatic carbocycles. The number of hydrogen-bond acceptors (Lipinski definition) is 3. The number of aliphatic hydroxyl groups is 1. The Bertz CT molecular complexity index is 909. The summed E-state index contributed by atoms with van der Waals surface area (Å²) in [5.41, 5.74) is 3.84. The first-order chi connectivity index (χ1) is 13.8. The fourth-order valence-corrected chi connectivity index (χ4v) is 6.80. The number of piperidine rings is 2. The van der Waals surface area contributed by atoms with Gasteiger partial charge < -0.3 is 9.84 Å². The first-order valence-corrected chi connectivity index (χ1v) is 11.0. The van der Waals surface area contributed by atoms with Gasteiger partial charge in [0.2, 0.25) is 0 Å². The zero-order chi connectivity index (χ0) is 20.4. The van der Waals surface area contributed by atoms with Crippen molar-refractivity contribution in [2.45, 2.75) is 69.7 Å². The molecule has 30 heavy (non-hydrogen) atoms. The van der Waals surface area contributed by atoms with Crippen molar-refractivity contribution in [1.29, 1.82) is 0 Å². The minimum absolute atomic E-state index is 0. The van der Waals surface area contributed by atoms with Gasteiger partial charge in [-0.3, -0.25) is 4.90 Å². The lowest BCUT2D eigenvalue weighted by Crippen LogP contribution is -2.70. The van der Waals surface area contributed by atoms with Crippen molar-refractivity contribution < 1.29 is 9.84 Å². The van der Waals surface area contributed by atoms with E-state index < -0.39 is 5.60 Å². The molecule has 0 aromatic heterocycles. The summed E-state index contributed by atoms with van der Waals surface area (Å²) in [6.07, 6.45) is 3.31. The summed E-state index contributed by atoms with van der Waals surface area (Å²) in [5, 5.41) is 11.0. The number of hydrogen-bond donors (Lipinski definition) is 1. The smallest absolute Gasteiger partial charge is 0.119 e. The molecule has 3 fully saturated rings. The van der Waals surface area contributed by atoms with Crippen LogP contribution in [0, 0.1) is 11.8 Å². The van der Waals surface area contributed by atoms with Crippen molar-refractivity contribution in [3.05, 3.63) is 65.2 Å². The predicted octanol–water partition coefficient (Wildman–Crippen LogP) is 4.98. The maximum Gasteiger partial charge on any atom is 0.119 e. The van der Waals surface area contributed by atoms with E-state index in [0.29, 0.717) is 23.9 Å². The molecule has 2 aromatic rings. The molecule has 1 saturated carbocycles. The Morgan fingerprint density at radius 2 is 1.87 bits per heavy atom. The fraction of sp³-hybridized carbons (Fsp3) is 0.538. The Balaban J connectivity index is 0.00000218. The van der Waals surface area contributed by atoms with E-state index in [1.54, 1.807) is 7.11 Å². The van der Waals surface area contributed by atoms with Crippen LogP contribution in [0.3, 0.4) is 0 Å². The number of benzene rings is 2. The highest BCUT2D eigenvalue weighted by Gasteiger charge is 2.61. The van der Waals surface area contributed by atoms with Gasteiger partial charge in [-0.15, -0.1) is 12.4 Å². The van der Waals surface area contributed by atoms with Gasteiger partial charge in [-0.2, -0.15) is 0 Å². The molecule has 4 aliphatic rings. The van der Waals surface area contributed by atoms with Crippen LogP contribution in [0.2, 0.25) is 0 Å². The third kappa shape index (κ3) is 3.26. The van der Waals surface area contributed by atoms with Crippen LogP contribution in [0.4, 0.5) is 0 Å². The number of halogens is 1. The minimum atomic E-state index is -0.652. The van der Waals surface area contributed by atoms with Crippen LogP contribution in [0.5, 0.6) is 5.75 Å². The lowest BCUT2D eigenvalue weighted by Gasteiger charge is -2.66. The first-order valence-electron chi connectivity index (χ1n) is 11.0. The topological polar surface area (TPSA) is 32.7 Å². The van der Waals surface area contributed by atoms with Crippen LogP contribution in [0.1, 0.15) is 50.3 Å². The summed E-state index contributed by atoms with van der Waals surface area (Å²) < 4.78 is 5.57. The highest BCUT2D eigenvalue weighted by atomic mass is 35.5. The van der Waals surface area contributed by atoms with Gasteiger partial charge in [0.25, 0.3) is 0 Å². The Labute approximate surface area is 186 Å². The third-order valence-corrected chi connectivity index (χ3v) is 8.22. The quantitative estimate of drug-likeness (QED) is 0.746. The van der Waals surface area contributed by atoms with Crippen molar-refractivity contribution in [3.8, 4) is 5.75 Å². The molecule has 4 bridgehead atoms. The van der Waals surface area contributed by atoms with Crippen LogP contribution < -0.4 is 4.74 Å². The van der Waals surface area contributed by atoms with Crippen molar-refractivity contribution in [3.63, 3.8) is 0 Å². The van der Waals surface area contributed by atoms with E-state index in [9.17, 15) is 5.11 Å². The molecule has 2 saturated heterocycles. The SMILES string of the molecule is COc1ccc2c(c1)[C@@]1(C)CC3C(C(C)(C)O)CC1C(C2)N3Cc1ccccc1.Cl. The van der Waals surface area contributed by atoms with Crippen molar-refractivity contribution in [2.24, 2.45) is 11.8 Å². The van der Waals surface area contributed by atoms with Gasteiger partial charge in [0, 0.05) is 24.5 Å². The number of rotatable bonds is 4. The average Bonchev–Trinajstić information content (AvgIpc) is 2.70. The third-order valence-electron chi connectivity index (χ3n) is 8.22. The van der Waals surface area contributed by atoms with E-state index in [0.717, 1.165) is 31.6 Å². The van der Waals surface area contributed by atoms with Gasteiger partial charge in [-0.05, 0) is 73.3 Å². The number of fused-ring (bicyclic) bond motifs is 2. The van der Waals surface area contributed by atoms with E-state index in [2.05, 4.69) is 60.4 Å². The molecule has 2 aliphatic heterocycles. The maximum absolute atomic E-state index is 11.0. The predicted molar refractivity (Wildman–Crippen MR) is 123 cm³/mol. The summed E-state index contributed by atoms with van der Waals surface area (Å²) >= 11 is 0. The van der Waals surface area contributed by atoms with Crippen molar-refractivity contribution in [1.82, 2.24) is 4.90 Å². The van der Waals surface area contributed by atoms with Crippen molar-refractivity contribution >= 4 is 12.4 Å². The van der Waals surface area contributed by atoms with Gasteiger partial charge in [-0.25, -0.2) is 0 Å². The van der Waals surface area contributed by atoms with Gasteiger partial charge in [0.15, 0.2) is 0 Å². The minimum Gasteiger partial charge on any atom is -0.497 e. The van der Waals surface area contributed by atoms with Crippen LogP contribution in [0.15, 0.2) is 48.5 Å². The van der Waals surface area contributed by atoms with Gasteiger partial charge >= 0.3 is 0 Å². The lowest BCUT2D eigenvalue weighted by molar-refractivity contribution is -0.156. The molecular weight excluding hydrogens is 394 g/mol. The molecule has 0 spiro atoms. The van der Waals surface area contributed by atoms with E-state index in [-0.39, 0.29) is 17.8 Å². The van der Waals surface area contributed by atoms with E-state index in [1.165, 1.54) is 16.7 Å². The second kappa shape index (κ2) is 7.55. The summed E-state index contributed by atoms with van der Waals surface area (Å²) in [6.45, 7) is 7.46. The molecule has 6 rings (SSSR count). The van der Waals surface area contributed by atoms with Crippen LogP contribution >= 0.6 is 12.4 Å². The molecule has 3 nitrogen and oxygen atoms in total. The Hall–Kier alpha value is -1.55. The zero-order valence-corrected chi connectivity index (χ0v) is 19.3. The van der Waals surface area contributed by atoms with Crippen molar-refractivity contribution in [2.75, 3.05) is 7.11 Å². The highest BCUT2D eigenvalue weighted by Crippen LogP contribution is 2.60. The summed E-state index contributed by atoms with van der Waals surface area (Å²) in [6, 6.07) is 18.5. The summed E-state index contributed by atoms with van der Waals surface area (Å²) in [4.78, 5) is 2.74. The molecule has 1 N–H and O–H groups in total. The second-order valence-electron chi connectivity index (χ2n) is 10.2. The van der Waals surface area contributed by atoms with Crippen LogP contribution in [0.25, 0.3) is 0 Å². The Morgan fingerprint density at radius 3 is 2.53 bits per heavy atom. The normalized spacial score (nSPS) is 32.3. The Morgan fingerprint density at radius 1 is 1.13 bits per heavy atom. The standard InChI is InChI=1S/C26H33NO2.ClH/c1-25(2,28)21-14-22-23-12-18-10-11-19(29-4)13-20(18)26(22,3)15-24(21)27(23)16-17-8-6-5-7-9-17;/h5-11,13,21-24,28H,12,14-16H2,1-4H3;1H/t21?,22?,23?,24?,26-;/m1./s1. The fourth-order valence-electron chi connectivity index (χ4n) is 6.80. The largest absolute Gasteiger partial charge is 0.497 e. The van der Waals surface area contributed by atoms with E-state index in [1.807, 2.05) is 13.8 Å². The molecule has 0 amide bonds. The monoisotopic (exact) mass is 427 g/mol. The van der Waals surface area contributed by atoms with Gasteiger partial charge in [0.05, 0.1) is 12.7 Å². The van der Waals surface area contributed by atoms with Gasteiger partial charge in [0.1, 0.15) is 5.75 Å². The van der Waals surface area contributed by atoms with E-state index in [4.69, 9.17) is 4.74 Å². The second-order valence-corrected chi connectivity index (χ2v) is 10.2. The number of ether oxygens (including phenoxy) is 1. The molecular formula is C26H34ClNO2. The number of nitrogens with zero attached hydrogens (tertiary/aromatic N) is 1. The number of methoxy groups -OCH3 is 1. The zero-order valence-electron chi connectivity index (χ0n) is 18.5. The Kier molecular flexibility index (Phi) is 5.45. The average molecular weight is 428 g/mol. The highest BCUT2D eigenvalue weighted by molar-refractivity contribution is 5.85. The summed E-state index contributed by atoms with van der Waals surface area (Å²) in [7, 11) is 1.76.